The van der Waals surface area contributed by atoms with Crippen LogP contribution in [0.1, 0.15) is 72.9 Å². The summed E-state index contributed by atoms with van der Waals surface area (Å²) in [5.74, 6) is 1.98. The average Bonchev–Trinajstić information content (AvgIpc) is 2.75. The summed E-state index contributed by atoms with van der Waals surface area (Å²) in [6.07, 6.45) is 13.1. The minimum absolute atomic E-state index is 0.128. The second-order valence-electron chi connectivity index (χ2n) is 11.3. The van der Waals surface area contributed by atoms with Gasteiger partial charge in [0.05, 0.1) is 18.5 Å². The summed E-state index contributed by atoms with van der Waals surface area (Å²) in [6, 6.07) is 4.26. The number of rotatable bonds is 9. The molecule has 3 N–H and O–H groups in total. The fourth-order valence-electron chi connectivity index (χ4n) is 3.87. The summed E-state index contributed by atoms with van der Waals surface area (Å²) in [7, 11) is 1.66. The van der Waals surface area contributed by atoms with Crippen molar-refractivity contribution in [3.63, 3.8) is 0 Å². The standard InChI is InChI=1S/C30H44N2O2S/c1-11-23(34-10)13-12-21(2)32-30(9)16-14-22(15-17-30)31-20-35-24-18-25(28(3,4)5)27(33)26(19-24)29(6,7)8/h11-16,18-19,31-33H,2,17,20H2,1,3-10H3/b13-12-,23-11+/t30-/m0/s1. The molecule has 1 aromatic carbocycles. The van der Waals surface area contributed by atoms with Crippen LogP contribution in [0.2, 0.25) is 0 Å². The Morgan fingerprint density at radius 1 is 1.14 bits per heavy atom. The molecule has 0 unspecified atom stereocenters. The van der Waals surface area contributed by atoms with Gasteiger partial charge in [-0.05, 0) is 67.5 Å². The van der Waals surface area contributed by atoms with Crippen molar-refractivity contribution in [3.8, 4) is 5.75 Å². The Morgan fingerprint density at radius 3 is 2.20 bits per heavy atom. The monoisotopic (exact) mass is 496 g/mol. The fourth-order valence-corrected chi connectivity index (χ4v) is 4.67. The second kappa shape index (κ2) is 11.5. The van der Waals surface area contributed by atoms with Gasteiger partial charge in [-0.2, -0.15) is 0 Å². The minimum Gasteiger partial charge on any atom is -0.507 e. The van der Waals surface area contributed by atoms with Crippen LogP contribution >= 0.6 is 11.8 Å². The quantitative estimate of drug-likeness (QED) is 0.144. The first-order valence-electron chi connectivity index (χ1n) is 12.2. The maximum Gasteiger partial charge on any atom is 0.123 e. The van der Waals surface area contributed by atoms with Crippen molar-refractivity contribution >= 4 is 11.8 Å². The Bertz CT molecular complexity index is 1000. The molecule has 2 rings (SSSR count). The van der Waals surface area contributed by atoms with Crippen LogP contribution in [0.5, 0.6) is 5.75 Å². The predicted octanol–water partition coefficient (Wildman–Crippen LogP) is 7.44. The topological polar surface area (TPSA) is 53.5 Å². The fraction of sp³-hybridized carbons (Fsp3) is 0.467. The Hall–Kier alpha value is -2.53. The summed E-state index contributed by atoms with van der Waals surface area (Å²) in [4.78, 5) is 1.16. The van der Waals surface area contributed by atoms with E-state index in [4.69, 9.17) is 4.74 Å². The Labute approximate surface area is 217 Å². The van der Waals surface area contributed by atoms with Crippen LogP contribution in [-0.2, 0) is 15.6 Å². The minimum atomic E-state index is -0.191. The SMILES string of the molecule is C=C(/C=C\C(=C/C)OC)N[C@@]1(C)C=CC(NCSc2cc(C(C)(C)C)c(O)c(C(C)(C)C)c2)=CC1. The Kier molecular flexibility index (Phi) is 9.41. The molecule has 0 heterocycles. The summed E-state index contributed by atoms with van der Waals surface area (Å²) in [5.41, 5.74) is 3.49. The van der Waals surface area contributed by atoms with Crippen molar-refractivity contribution in [2.24, 2.45) is 0 Å². The van der Waals surface area contributed by atoms with Gasteiger partial charge in [0.25, 0.3) is 0 Å². The second-order valence-corrected chi connectivity index (χ2v) is 12.4. The smallest absolute Gasteiger partial charge is 0.123 e. The lowest BCUT2D eigenvalue weighted by molar-refractivity contribution is 0.306. The predicted molar refractivity (Wildman–Crippen MR) is 152 cm³/mol. The molecule has 1 aliphatic carbocycles. The van der Waals surface area contributed by atoms with E-state index in [0.29, 0.717) is 5.75 Å². The number of methoxy groups -OCH3 is 1. The highest BCUT2D eigenvalue weighted by Gasteiger charge is 2.27. The number of hydrogen-bond donors (Lipinski definition) is 3. The third-order valence-corrected chi connectivity index (χ3v) is 6.86. The number of nitrogens with one attached hydrogen (secondary N) is 2. The van der Waals surface area contributed by atoms with E-state index in [9.17, 15) is 5.11 Å². The first-order valence-corrected chi connectivity index (χ1v) is 13.2. The average molecular weight is 497 g/mol. The molecule has 4 nitrogen and oxygen atoms in total. The Balaban J connectivity index is 2.01. The van der Waals surface area contributed by atoms with E-state index in [1.165, 1.54) is 0 Å². The van der Waals surface area contributed by atoms with E-state index in [1.54, 1.807) is 18.9 Å². The van der Waals surface area contributed by atoms with Crippen LogP contribution in [0.4, 0.5) is 0 Å². The largest absolute Gasteiger partial charge is 0.507 e. The molecule has 0 aliphatic heterocycles. The van der Waals surface area contributed by atoms with E-state index >= 15 is 0 Å². The highest BCUT2D eigenvalue weighted by molar-refractivity contribution is 7.99. The van der Waals surface area contributed by atoms with Gasteiger partial charge in [-0.1, -0.05) is 60.3 Å². The van der Waals surface area contributed by atoms with Crippen molar-refractivity contribution in [1.82, 2.24) is 10.6 Å². The molecular weight excluding hydrogens is 452 g/mol. The molecule has 0 aromatic heterocycles. The molecule has 0 saturated carbocycles. The summed E-state index contributed by atoms with van der Waals surface area (Å²) in [5, 5.41) is 18.0. The van der Waals surface area contributed by atoms with E-state index < -0.39 is 0 Å². The van der Waals surface area contributed by atoms with Gasteiger partial charge < -0.3 is 20.5 Å². The summed E-state index contributed by atoms with van der Waals surface area (Å²) >= 11 is 1.75. The van der Waals surface area contributed by atoms with E-state index in [1.807, 2.05) is 25.2 Å². The molecule has 0 radical (unpaired) electrons. The molecule has 0 spiro atoms. The van der Waals surface area contributed by atoms with Crippen LogP contribution in [0.3, 0.4) is 0 Å². The molecule has 35 heavy (non-hydrogen) atoms. The maximum absolute atomic E-state index is 10.9. The highest BCUT2D eigenvalue weighted by atomic mass is 32.2. The van der Waals surface area contributed by atoms with Gasteiger partial charge in [-0.3, -0.25) is 0 Å². The normalized spacial score (nSPS) is 19.0. The van der Waals surface area contributed by atoms with Crippen molar-refractivity contribution in [1.29, 1.82) is 0 Å². The zero-order chi connectivity index (χ0) is 26.4. The lowest BCUT2D eigenvalue weighted by atomic mass is 9.79. The van der Waals surface area contributed by atoms with Gasteiger partial charge >= 0.3 is 0 Å². The maximum atomic E-state index is 10.9. The van der Waals surface area contributed by atoms with E-state index in [2.05, 4.69) is 96.0 Å². The van der Waals surface area contributed by atoms with E-state index in [-0.39, 0.29) is 16.4 Å². The molecule has 0 saturated heterocycles. The zero-order valence-electron chi connectivity index (χ0n) is 23.0. The number of aromatic hydroxyl groups is 1. The molecule has 1 aliphatic rings. The third-order valence-electron chi connectivity index (χ3n) is 6.01. The third kappa shape index (κ3) is 8.28. The van der Waals surface area contributed by atoms with Gasteiger partial charge in [0, 0.05) is 27.4 Å². The molecule has 192 valence electrons. The molecule has 5 heteroatoms. The van der Waals surface area contributed by atoms with Crippen molar-refractivity contribution in [2.45, 2.75) is 83.1 Å². The van der Waals surface area contributed by atoms with Crippen LogP contribution in [0.15, 0.2) is 77.2 Å². The molecule has 1 aromatic rings. The number of ether oxygens (including phenoxy) is 1. The molecule has 0 bridgehead atoms. The van der Waals surface area contributed by atoms with Crippen molar-refractivity contribution in [3.05, 3.63) is 83.4 Å². The molecule has 0 fully saturated rings. The van der Waals surface area contributed by atoms with Gasteiger partial charge in [-0.15, -0.1) is 11.8 Å². The zero-order valence-corrected chi connectivity index (χ0v) is 23.8. The molecular formula is C30H44N2O2S. The summed E-state index contributed by atoms with van der Waals surface area (Å²) < 4.78 is 5.26. The van der Waals surface area contributed by atoms with Crippen molar-refractivity contribution in [2.75, 3.05) is 13.0 Å². The van der Waals surface area contributed by atoms with Gasteiger partial charge in [0.15, 0.2) is 0 Å². The summed E-state index contributed by atoms with van der Waals surface area (Å²) in [6.45, 7) is 21.1. The van der Waals surface area contributed by atoms with Crippen LogP contribution in [-0.4, -0.2) is 23.6 Å². The number of hydrogen-bond acceptors (Lipinski definition) is 5. The highest BCUT2D eigenvalue weighted by Crippen LogP contribution is 2.41. The number of phenols is 1. The van der Waals surface area contributed by atoms with E-state index in [0.717, 1.165) is 45.5 Å². The number of thioether (sulfide) groups is 1. The van der Waals surface area contributed by atoms with Gasteiger partial charge in [-0.25, -0.2) is 0 Å². The first kappa shape index (κ1) is 28.7. The van der Waals surface area contributed by atoms with Crippen LogP contribution < -0.4 is 10.6 Å². The lowest BCUT2D eigenvalue weighted by Crippen LogP contribution is -2.40. The lowest BCUT2D eigenvalue weighted by Gasteiger charge is -2.31. The number of allylic oxidation sites excluding steroid dienone is 4. The first-order chi connectivity index (χ1) is 16.2. The van der Waals surface area contributed by atoms with Crippen LogP contribution in [0, 0.1) is 0 Å². The Morgan fingerprint density at radius 2 is 1.74 bits per heavy atom. The van der Waals surface area contributed by atoms with Crippen molar-refractivity contribution < 1.29 is 9.84 Å². The number of phenolic OH excluding ortho intramolecular Hbond substituents is 1. The molecule has 1 atom stereocenters. The number of benzene rings is 1. The van der Waals surface area contributed by atoms with Crippen LogP contribution in [0.25, 0.3) is 0 Å². The van der Waals surface area contributed by atoms with Gasteiger partial charge in [0.1, 0.15) is 11.5 Å². The van der Waals surface area contributed by atoms with Gasteiger partial charge in [0.2, 0.25) is 0 Å². The molecule has 0 amide bonds.